The van der Waals surface area contributed by atoms with Crippen LogP contribution in [0.3, 0.4) is 0 Å². The monoisotopic (exact) mass is 377 g/mol. The number of hydrogen-bond acceptors (Lipinski definition) is 3. The molecule has 2 unspecified atom stereocenters. The van der Waals surface area contributed by atoms with Gasteiger partial charge < -0.3 is 15.1 Å². The molecule has 2 aromatic carbocycles. The number of carbonyl (C=O) groups excluding carboxylic acids is 2. The zero-order valence-corrected chi connectivity index (χ0v) is 16.5. The molecular formula is C23H27N3O2. The number of nitrogens with one attached hydrogen (secondary N) is 1. The van der Waals surface area contributed by atoms with Crippen LogP contribution in [0.5, 0.6) is 0 Å². The van der Waals surface area contributed by atoms with Crippen molar-refractivity contribution in [2.24, 2.45) is 5.92 Å². The number of amides is 2. The van der Waals surface area contributed by atoms with E-state index >= 15 is 0 Å². The molecule has 5 nitrogen and oxygen atoms in total. The number of benzene rings is 2. The van der Waals surface area contributed by atoms with Gasteiger partial charge in [0.1, 0.15) is 5.92 Å². The first-order chi connectivity index (χ1) is 13.5. The SMILES string of the molecule is Cc1ccc(N2CCC(C(=O)N3CCC(Nc4ccccc4)C3)C2=O)cc1C. The van der Waals surface area contributed by atoms with Crippen LogP contribution in [0.2, 0.25) is 0 Å². The highest BCUT2D eigenvalue weighted by Gasteiger charge is 2.41. The Hall–Kier alpha value is -2.82. The van der Waals surface area contributed by atoms with Crippen LogP contribution in [0, 0.1) is 19.8 Å². The molecule has 0 aliphatic carbocycles. The third-order valence-corrected chi connectivity index (χ3v) is 5.95. The first-order valence-electron chi connectivity index (χ1n) is 10.0. The van der Waals surface area contributed by atoms with Crippen LogP contribution >= 0.6 is 0 Å². The fourth-order valence-corrected chi connectivity index (χ4v) is 4.13. The van der Waals surface area contributed by atoms with Crippen molar-refractivity contribution in [3.05, 3.63) is 59.7 Å². The lowest BCUT2D eigenvalue weighted by molar-refractivity contribution is -0.139. The van der Waals surface area contributed by atoms with Gasteiger partial charge in [-0.15, -0.1) is 0 Å². The zero-order valence-electron chi connectivity index (χ0n) is 16.5. The van der Waals surface area contributed by atoms with Crippen molar-refractivity contribution in [2.75, 3.05) is 29.9 Å². The third kappa shape index (κ3) is 3.61. The van der Waals surface area contributed by atoms with Crippen LogP contribution in [-0.2, 0) is 9.59 Å². The molecule has 5 heteroatoms. The Labute approximate surface area is 166 Å². The van der Waals surface area contributed by atoms with E-state index in [1.54, 1.807) is 4.90 Å². The van der Waals surface area contributed by atoms with Gasteiger partial charge >= 0.3 is 0 Å². The van der Waals surface area contributed by atoms with Crippen LogP contribution < -0.4 is 10.2 Å². The third-order valence-electron chi connectivity index (χ3n) is 5.95. The van der Waals surface area contributed by atoms with Gasteiger partial charge in [-0.25, -0.2) is 0 Å². The van der Waals surface area contributed by atoms with E-state index in [1.165, 1.54) is 5.56 Å². The maximum Gasteiger partial charge on any atom is 0.239 e. The lowest BCUT2D eigenvalue weighted by atomic mass is 10.1. The maximum atomic E-state index is 13.0. The molecule has 2 heterocycles. The average molecular weight is 377 g/mol. The van der Waals surface area contributed by atoms with Crippen LogP contribution in [0.4, 0.5) is 11.4 Å². The molecule has 0 spiro atoms. The quantitative estimate of drug-likeness (QED) is 0.831. The van der Waals surface area contributed by atoms with Crippen LogP contribution in [0.1, 0.15) is 24.0 Å². The Morgan fingerprint density at radius 1 is 1.00 bits per heavy atom. The Balaban J connectivity index is 1.39. The van der Waals surface area contributed by atoms with Gasteiger partial charge in [0.2, 0.25) is 11.8 Å². The smallest absolute Gasteiger partial charge is 0.239 e. The molecule has 2 aliphatic rings. The molecule has 0 bridgehead atoms. The number of anilines is 2. The highest BCUT2D eigenvalue weighted by atomic mass is 16.2. The number of aryl methyl sites for hydroxylation is 2. The molecule has 0 saturated carbocycles. The Kier molecular flexibility index (Phi) is 5.07. The number of carbonyl (C=O) groups is 2. The normalized spacial score (nSPS) is 22.0. The van der Waals surface area contributed by atoms with Gasteiger partial charge in [0.15, 0.2) is 0 Å². The van der Waals surface area contributed by atoms with E-state index < -0.39 is 5.92 Å². The zero-order chi connectivity index (χ0) is 19.7. The molecule has 0 radical (unpaired) electrons. The van der Waals surface area contributed by atoms with Gasteiger partial charge in [-0.1, -0.05) is 24.3 Å². The van der Waals surface area contributed by atoms with Gasteiger partial charge in [-0.05, 0) is 62.1 Å². The van der Waals surface area contributed by atoms with Crippen molar-refractivity contribution in [1.29, 1.82) is 0 Å². The standard InChI is InChI=1S/C23H27N3O2/c1-16-8-9-20(14-17(16)2)26-13-11-21(23(26)28)22(27)25-12-10-19(15-25)24-18-6-4-3-5-7-18/h3-9,14,19,21,24H,10-13,15H2,1-2H3. The topological polar surface area (TPSA) is 52.7 Å². The van der Waals surface area contributed by atoms with E-state index in [1.807, 2.05) is 60.4 Å². The van der Waals surface area contributed by atoms with E-state index in [0.29, 0.717) is 26.1 Å². The molecular weight excluding hydrogens is 350 g/mol. The minimum Gasteiger partial charge on any atom is -0.380 e. The molecule has 2 amide bonds. The van der Waals surface area contributed by atoms with Crippen LogP contribution in [0.25, 0.3) is 0 Å². The van der Waals surface area contributed by atoms with Gasteiger partial charge in [-0.2, -0.15) is 0 Å². The van der Waals surface area contributed by atoms with Crippen molar-refractivity contribution in [2.45, 2.75) is 32.7 Å². The summed E-state index contributed by atoms with van der Waals surface area (Å²) in [6.45, 7) is 6.08. The molecule has 0 aromatic heterocycles. The van der Waals surface area contributed by atoms with Crippen LogP contribution in [-0.4, -0.2) is 42.4 Å². The van der Waals surface area contributed by atoms with E-state index in [0.717, 1.165) is 23.4 Å². The van der Waals surface area contributed by atoms with Gasteiger partial charge in [0, 0.05) is 37.1 Å². The summed E-state index contributed by atoms with van der Waals surface area (Å²) in [5, 5.41) is 3.48. The molecule has 2 saturated heterocycles. The second kappa shape index (κ2) is 7.66. The largest absolute Gasteiger partial charge is 0.380 e. The summed E-state index contributed by atoms with van der Waals surface area (Å²) in [4.78, 5) is 29.6. The fourth-order valence-electron chi connectivity index (χ4n) is 4.13. The number of likely N-dealkylation sites (tertiary alicyclic amines) is 1. The van der Waals surface area contributed by atoms with Crippen molar-refractivity contribution in [3.8, 4) is 0 Å². The van der Waals surface area contributed by atoms with Crippen LogP contribution in [0.15, 0.2) is 48.5 Å². The lowest BCUT2D eigenvalue weighted by Crippen LogP contribution is -2.40. The number of hydrogen-bond donors (Lipinski definition) is 1. The second-order valence-corrected chi connectivity index (χ2v) is 7.88. The summed E-state index contributed by atoms with van der Waals surface area (Å²) < 4.78 is 0. The summed E-state index contributed by atoms with van der Waals surface area (Å²) in [7, 11) is 0. The summed E-state index contributed by atoms with van der Waals surface area (Å²) >= 11 is 0. The van der Waals surface area contributed by atoms with E-state index in [-0.39, 0.29) is 17.9 Å². The van der Waals surface area contributed by atoms with Gasteiger partial charge in [0.05, 0.1) is 0 Å². The molecule has 1 N–H and O–H groups in total. The van der Waals surface area contributed by atoms with Crippen molar-refractivity contribution < 1.29 is 9.59 Å². The Morgan fingerprint density at radius 2 is 1.79 bits per heavy atom. The number of para-hydroxylation sites is 1. The summed E-state index contributed by atoms with van der Waals surface area (Å²) in [6, 6.07) is 16.3. The molecule has 2 fully saturated rings. The van der Waals surface area contributed by atoms with Gasteiger partial charge in [-0.3, -0.25) is 9.59 Å². The average Bonchev–Trinajstić information content (AvgIpc) is 3.31. The number of rotatable bonds is 4. The number of nitrogens with zero attached hydrogens (tertiary/aromatic N) is 2. The first kappa shape index (κ1) is 18.5. The molecule has 2 atom stereocenters. The molecule has 28 heavy (non-hydrogen) atoms. The Bertz CT molecular complexity index is 881. The van der Waals surface area contributed by atoms with E-state index in [4.69, 9.17) is 0 Å². The second-order valence-electron chi connectivity index (χ2n) is 7.88. The predicted molar refractivity (Wildman–Crippen MR) is 111 cm³/mol. The lowest BCUT2D eigenvalue weighted by Gasteiger charge is -2.22. The van der Waals surface area contributed by atoms with Crippen molar-refractivity contribution in [3.63, 3.8) is 0 Å². The predicted octanol–water partition coefficient (Wildman–Crippen LogP) is 3.37. The fraction of sp³-hybridized carbons (Fsp3) is 0.391. The highest BCUT2D eigenvalue weighted by Crippen LogP contribution is 2.29. The highest BCUT2D eigenvalue weighted by molar-refractivity contribution is 6.09. The van der Waals surface area contributed by atoms with Crippen molar-refractivity contribution >= 4 is 23.2 Å². The minimum atomic E-state index is -0.544. The molecule has 2 aliphatic heterocycles. The molecule has 2 aromatic rings. The summed E-state index contributed by atoms with van der Waals surface area (Å²) in [5.41, 5.74) is 4.33. The Morgan fingerprint density at radius 3 is 2.54 bits per heavy atom. The van der Waals surface area contributed by atoms with E-state index in [2.05, 4.69) is 12.2 Å². The van der Waals surface area contributed by atoms with Gasteiger partial charge in [0.25, 0.3) is 0 Å². The molecule has 4 rings (SSSR count). The minimum absolute atomic E-state index is 0.0197. The summed E-state index contributed by atoms with van der Waals surface area (Å²) in [5.74, 6) is -0.626. The van der Waals surface area contributed by atoms with Crippen molar-refractivity contribution in [1.82, 2.24) is 4.90 Å². The molecule has 146 valence electrons. The summed E-state index contributed by atoms with van der Waals surface area (Å²) in [6.07, 6.45) is 1.50. The van der Waals surface area contributed by atoms with E-state index in [9.17, 15) is 9.59 Å². The maximum absolute atomic E-state index is 13.0. The first-order valence-corrected chi connectivity index (χ1v) is 10.0.